The fourth-order valence-electron chi connectivity index (χ4n) is 1.66. The van der Waals surface area contributed by atoms with Crippen LogP contribution in [0.25, 0.3) is 0 Å². The lowest BCUT2D eigenvalue weighted by Crippen LogP contribution is -2.19. The minimum atomic E-state index is -0.469. The largest absolute Gasteiger partial charge is 0.488 e. The minimum absolute atomic E-state index is 0.103. The average molecular weight is 267 g/mol. The van der Waals surface area contributed by atoms with Gasteiger partial charge < -0.3 is 19.9 Å². The summed E-state index contributed by atoms with van der Waals surface area (Å²) < 4.78 is 15.7. The predicted molar refractivity (Wildman–Crippen MR) is 73.5 cm³/mol. The van der Waals surface area contributed by atoms with E-state index >= 15 is 0 Å². The van der Waals surface area contributed by atoms with E-state index in [2.05, 4.69) is 0 Å². The predicted octanol–water partition coefficient (Wildman–Crippen LogP) is 2.17. The molecule has 1 aromatic rings. The van der Waals surface area contributed by atoms with Gasteiger partial charge in [0.2, 0.25) is 0 Å². The van der Waals surface area contributed by atoms with E-state index in [0.717, 1.165) is 5.56 Å². The van der Waals surface area contributed by atoms with Crippen molar-refractivity contribution in [2.24, 2.45) is 0 Å². The molecule has 0 aromatic heterocycles. The molecular formula is C14H21NO4. The average Bonchev–Trinajstić information content (AvgIpc) is 2.39. The molecule has 0 amide bonds. The van der Waals surface area contributed by atoms with Crippen molar-refractivity contribution in [2.45, 2.75) is 26.9 Å². The summed E-state index contributed by atoms with van der Waals surface area (Å²) in [6.07, 6.45) is -0.103. The first-order chi connectivity index (χ1) is 8.99. The number of aryl methyl sites for hydroxylation is 1. The van der Waals surface area contributed by atoms with Crippen molar-refractivity contribution in [3.05, 3.63) is 23.3 Å². The zero-order valence-electron chi connectivity index (χ0n) is 11.9. The molecule has 1 aromatic carbocycles. The molecule has 0 radical (unpaired) electrons. The van der Waals surface area contributed by atoms with Crippen LogP contribution in [0.4, 0.5) is 5.69 Å². The van der Waals surface area contributed by atoms with Gasteiger partial charge in [0.05, 0.1) is 19.3 Å². The van der Waals surface area contributed by atoms with Crippen LogP contribution in [0.15, 0.2) is 12.1 Å². The molecule has 5 heteroatoms. The molecule has 106 valence electrons. The van der Waals surface area contributed by atoms with Gasteiger partial charge in [0.15, 0.2) is 0 Å². The molecule has 0 spiro atoms. The third-order valence-electron chi connectivity index (χ3n) is 2.66. The maximum atomic E-state index is 11.6. The van der Waals surface area contributed by atoms with Crippen LogP contribution in [0.2, 0.25) is 0 Å². The number of rotatable bonds is 6. The molecule has 0 fully saturated rings. The monoisotopic (exact) mass is 267 g/mol. The van der Waals surface area contributed by atoms with Crippen LogP contribution < -0.4 is 10.5 Å². The zero-order valence-corrected chi connectivity index (χ0v) is 11.9. The number of hydrogen-bond donors (Lipinski definition) is 1. The number of carbonyl (C=O) groups excluding carboxylic acids is 1. The van der Waals surface area contributed by atoms with Crippen molar-refractivity contribution < 1.29 is 19.0 Å². The van der Waals surface area contributed by atoms with Gasteiger partial charge in [-0.05, 0) is 38.5 Å². The topological polar surface area (TPSA) is 70.8 Å². The maximum Gasteiger partial charge on any atom is 0.340 e. The first-order valence-corrected chi connectivity index (χ1v) is 6.22. The lowest BCUT2D eigenvalue weighted by atomic mass is 10.1. The summed E-state index contributed by atoms with van der Waals surface area (Å²) in [7, 11) is 1.32. The summed E-state index contributed by atoms with van der Waals surface area (Å²) in [6.45, 7) is 6.78. The number of anilines is 1. The number of methoxy groups -OCH3 is 1. The van der Waals surface area contributed by atoms with E-state index in [1.807, 2.05) is 20.8 Å². The van der Waals surface area contributed by atoms with E-state index in [-0.39, 0.29) is 6.10 Å². The summed E-state index contributed by atoms with van der Waals surface area (Å²) in [4.78, 5) is 11.6. The van der Waals surface area contributed by atoms with Crippen LogP contribution >= 0.6 is 0 Å². The van der Waals surface area contributed by atoms with Crippen LogP contribution in [0.3, 0.4) is 0 Å². The number of esters is 1. The molecule has 19 heavy (non-hydrogen) atoms. The molecule has 0 aliphatic heterocycles. The molecule has 0 bridgehead atoms. The van der Waals surface area contributed by atoms with E-state index in [4.69, 9.17) is 19.9 Å². The first-order valence-electron chi connectivity index (χ1n) is 6.22. The molecule has 5 nitrogen and oxygen atoms in total. The van der Waals surface area contributed by atoms with Gasteiger partial charge in [-0.3, -0.25) is 0 Å². The second-order valence-electron chi connectivity index (χ2n) is 4.28. The third-order valence-corrected chi connectivity index (χ3v) is 2.66. The molecule has 2 N–H and O–H groups in total. The quantitative estimate of drug-likeness (QED) is 0.631. The second-order valence-corrected chi connectivity index (χ2v) is 4.28. The summed E-state index contributed by atoms with van der Waals surface area (Å²) >= 11 is 0. The Morgan fingerprint density at radius 1 is 1.42 bits per heavy atom. The van der Waals surface area contributed by atoms with Crippen LogP contribution in [0.5, 0.6) is 5.75 Å². The smallest absolute Gasteiger partial charge is 0.340 e. The van der Waals surface area contributed by atoms with E-state index < -0.39 is 5.97 Å². The lowest BCUT2D eigenvalue weighted by Gasteiger charge is -2.16. The number of ether oxygens (including phenoxy) is 3. The molecule has 1 atom stereocenters. The van der Waals surface area contributed by atoms with Crippen LogP contribution in [0, 0.1) is 6.92 Å². The van der Waals surface area contributed by atoms with Gasteiger partial charge in [0, 0.05) is 12.3 Å². The normalized spacial score (nSPS) is 12.0. The number of carbonyl (C=O) groups is 1. The van der Waals surface area contributed by atoms with Crippen molar-refractivity contribution in [1.29, 1.82) is 0 Å². The number of benzene rings is 1. The van der Waals surface area contributed by atoms with Crippen molar-refractivity contribution in [1.82, 2.24) is 0 Å². The summed E-state index contributed by atoms with van der Waals surface area (Å²) in [5.74, 6) is 0.114. The van der Waals surface area contributed by atoms with Crippen molar-refractivity contribution in [3.63, 3.8) is 0 Å². The van der Waals surface area contributed by atoms with Gasteiger partial charge >= 0.3 is 5.97 Å². The lowest BCUT2D eigenvalue weighted by molar-refractivity contribution is 0.0595. The van der Waals surface area contributed by atoms with Crippen LogP contribution in [-0.4, -0.2) is 32.4 Å². The molecule has 1 unspecified atom stereocenters. The fourth-order valence-corrected chi connectivity index (χ4v) is 1.66. The summed E-state index contributed by atoms with van der Waals surface area (Å²) in [5, 5.41) is 0. The van der Waals surface area contributed by atoms with Crippen molar-refractivity contribution in [3.8, 4) is 5.75 Å². The highest BCUT2D eigenvalue weighted by molar-refractivity contribution is 5.96. The van der Waals surface area contributed by atoms with E-state index in [1.54, 1.807) is 12.1 Å². The Morgan fingerprint density at radius 3 is 2.68 bits per heavy atom. The standard InChI is InChI=1S/C14H21NO4/c1-5-18-8-10(3)19-11-6-9(2)13(15)12(7-11)14(16)17-4/h6-7,10H,5,8,15H2,1-4H3. The molecular weight excluding hydrogens is 246 g/mol. The Hall–Kier alpha value is -1.75. The molecule has 0 aliphatic carbocycles. The highest BCUT2D eigenvalue weighted by Gasteiger charge is 2.15. The van der Waals surface area contributed by atoms with Gasteiger partial charge in [-0.15, -0.1) is 0 Å². The van der Waals surface area contributed by atoms with E-state index in [9.17, 15) is 4.79 Å². The number of nitrogen functional groups attached to an aromatic ring is 1. The van der Waals surface area contributed by atoms with Crippen molar-refractivity contribution >= 4 is 11.7 Å². The number of nitrogens with two attached hydrogens (primary N) is 1. The van der Waals surface area contributed by atoms with Gasteiger partial charge in [-0.1, -0.05) is 0 Å². The Morgan fingerprint density at radius 2 is 2.11 bits per heavy atom. The van der Waals surface area contributed by atoms with E-state index in [1.165, 1.54) is 7.11 Å². The van der Waals surface area contributed by atoms with Gasteiger partial charge in [0.1, 0.15) is 11.9 Å². The Bertz CT molecular complexity index is 445. The molecule has 1 rings (SSSR count). The molecule has 0 saturated carbocycles. The summed E-state index contributed by atoms with van der Waals surface area (Å²) in [5.41, 5.74) is 7.37. The third kappa shape index (κ3) is 4.13. The highest BCUT2D eigenvalue weighted by atomic mass is 16.5. The molecule has 0 saturated heterocycles. The highest BCUT2D eigenvalue weighted by Crippen LogP contribution is 2.25. The van der Waals surface area contributed by atoms with Crippen molar-refractivity contribution in [2.75, 3.05) is 26.1 Å². The molecule has 0 heterocycles. The number of hydrogen-bond acceptors (Lipinski definition) is 5. The summed E-state index contributed by atoms with van der Waals surface area (Å²) in [6, 6.07) is 3.39. The van der Waals surface area contributed by atoms with Gasteiger partial charge in [0.25, 0.3) is 0 Å². The van der Waals surface area contributed by atoms with E-state index in [0.29, 0.717) is 30.2 Å². The first kappa shape index (κ1) is 15.3. The Kier molecular flexibility index (Phi) is 5.63. The SMILES string of the molecule is CCOCC(C)Oc1cc(C)c(N)c(C(=O)OC)c1. The van der Waals surface area contributed by atoms with Gasteiger partial charge in [-0.25, -0.2) is 4.79 Å². The minimum Gasteiger partial charge on any atom is -0.488 e. The maximum absolute atomic E-state index is 11.6. The van der Waals surface area contributed by atoms with Gasteiger partial charge in [-0.2, -0.15) is 0 Å². The molecule has 0 aliphatic rings. The Balaban J connectivity index is 2.91. The zero-order chi connectivity index (χ0) is 14.4. The fraction of sp³-hybridized carbons (Fsp3) is 0.500. The van der Waals surface area contributed by atoms with Crippen LogP contribution in [-0.2, 0) is 9.47 Å². The van der Waals surface area contributed by atoms with Crippen LogP contribution in [0.1, 0.15) is 29.8 Å². The Labute approximate surface area is 113 Å². The second kappa shape index (κ2) is 6.99.